The van der Waals surface area contributed by atoms with E-state index >= 15 is 0 Å². The van der Waals surface area contributed by atoms with Crippen molar-refractivity contribution in [2.45, 2.75) is 39.4 Å². The molecule has 0 N–H and O–H groups in total. The monoisotopic (exact) mass is 460 g/mol. The number of hydrogen-bond donors (Lipinski definition) is 0. The van der Waals surface area contributed by atoms with E-state index in [1.807, 2.05) is 0 Å². The molecule has 6 rings (SSSR count). The summed E-state index contributed by atoms with van der Waals surface area (Å²) in [6, 6.07) is 23.5. The standard InChI is InChI=1S/C30H28N2OSi/c1-18(2)27-25(34(3,4)5)17-31-30(32-27)24-16-10-15-23-26-21-13-8-6-11-19(21)20-12-7-9-14-22(20)29(26)33-28(23)24/h6-18H,1-5H3. The van der Waals surface area contributed by atoms with Crippen molar-refractivity contribution in [3.05, 3.63) is 78.6 Å². The van der Waals surface area contributed by atoms with Gasteiger partial charge in [-0.05, 0) is 33.3 Å². The van der Waals surface area contributed by atoms with Crippen LogP contribution in [-0.2, 0) is 0 Å². The normalized spacial score (nSPS) is 12.5. The SMILES string of the molecule is CC(C)c1nc(-c2cccc3c2oc2c4ccccc4c4ccccc4c32)ncc1[Si](C)(C)C. The van der Waals surface area contributed by atoms with Gasteiger partial charge in [-0.2, -0.15) is 0 Å². The van der Waals surface area contributed by atoms with E-state index in [0.717, 1.165) is 44.4 Å². The highest BCUT2D eigenvalue weighted by Gasteiger charge is 2.25. The first-order chi connectivity index (χ1) is 16.3. The Labute approximate surface area is 200 Å². The highest BCUT2D eigenvalue weighted by atomic mass is 28.3. The molecule has 6 aromatic rings. The molecule has 0 spiro atoms. The summed E-state index contributed by atoms with van der Waals surface area (Å²) < 4.78 is 6.69. The van der Waals surface area contributed by atoms with Gasteiger partial charge in [0.25, 0.3) is 0 Å². The smallest absolute Gasteiger partial charge is 0.163 e. The number of rotatable bonds is 3. The van der Waals surface area contributed by atoms with Crippen LogP contribution in [0, 0.1) is 0 Å². The predicted octanol–water partition coefficient (Wildman–Crippen LogP) is 8.02. The quantitative estimate of drug-likeness (QED) is 0.198. The van der Waals surface area contributed by atoms with E-state index in [4.69, 9.17) is 14.4 Å². The molecule has 0 aliphatic heterocycles. The Balaban J connectivity index is 1.72. The summed E-state index contributed by atoms with van der Waals surface area (Å²) in [7, 11) is -1.55. The molecule has 3 nitrogen and oxygen atoms in total. The summed E-state index contributed by atoms with van der Waals surface area (Å²) in [5.74, 6) is 1.08. The third-order valence-corrected chi connectivity index (χ3v) is 8.79. The third-order valence-electron chi connectivity index (χ3n) is 6.79. The van der Waals surface area contributed by atoms with E-state index < -0.39 is 8.07 Å². The Kier molecular flexibility index (Phi) is 4.65. The van der Waals surface area contributed by atoms with E-state index in [2.05, 4.69) is 106 Å². The van der Waals surface area contributed by atoms with Crippen molar-refractivity contribution < 1.29 is 4.42 Å². The van der Waals surface area contributed by atoms with Gasteiger partial charge in [0.05, 0.1) is 13.6 Å². The average Bonchev–Trinajstić information content (AvgIpc) is 3.23. The van der Waals surface area contributed by atoms with Crippen LogP contribution >= 0.6 is 0 Å². The Bertz CT molecular complexity index is 1720. The fourth-order valence-corrected chi connectivity index (χ4v) is 6.71. The van der Waals surface area contributed by atoms with Gasteiger partial charge in [-0.25, -0.2) is 9.97 Å². The second-order valence-electron chi connectivity index (χ2n) is 10.5. The van der Waals surface area contributed by atoms with Crippen molar-refractivity contribution in [1.82, 2.24) is 9.97 Å². The van der Waals surface area contributed by atoms with Crippen LogP contribution in [0.5, 0.6) is 0 Å². The van der Waals surface area contributed by atoms with Gasteiger partial charge in [0.2, 0.25) is 0 Å². The molecule has 0 radical (unpaired) electrons. The average molecular weight is 461 g/mol. The molecule has 0 unspecified atom stereocenters. The molecule has 0 atom stereocenters. The molecule has 0 saturated carbocycles. The molecule has 0 saturated heterocycles. The molecule has 0 bridgehead atoms. The number of para-hydroxylation sites is 1. The zero-order valence-electron chi connectivity index (χ0n) is 20.3. The highest BCUT2D eigenvalue weighted by Crippen LogP contribution is 2.42. The molecular formula is C30H28N2OSi. The number of aromatic nitrogens is 2. The van der Waals surface area contributed by atoms with Crippen LogP contribution in [0.3, 0.4) is 0 Å². The molecule has 34 heavy (non-hydrogen) atoms. The van der Waals surface area contributed by atoms with Crippen molar-refractivity contribution in [2.24, 2.45) is 0 Å². The predicted molar refractivity (Wildman–Crippen MR) is 147 cm³/mol. The second kappa shape index (κ2) is 7.50. The van der Waals surface area contributed by atoms with Crippen molar-refractivity contribution in [1.29, 1.82) is 0 Å². The topological polar surface area (TPSA) is 38.9 Å². The van der Waals surface area contributed by atoms with E-state index in [9.17, 15) is 0 Å². The first kappa shape index (κ1) is 21.1. The lowest BCUT2D eigenvalue weighted by molar-refractivity contribution is 0.673. The van der Waals surface area contributed by atoms with Gasteiger partial charge in [0.15, 0.2) is 5.82 Å². The number of benzene rings is 4. The lowest BCUT2D eigenvalue weighted by Crippen LogP contribution is -2.41. The van der Waals surface area contributed by atoms with Crippen LogP contribution in [0.15, 0.2) is 77.3 Å². The third kappa shape index (κ3) is 3.09. The van der Waals surface area contributed by atoms with E-state index in [1.165, 1.54) is 21.3 Å². The molecular weight excluding hydrogens is 432 g/mol. The van der Waals surface area contributed by atoms with Gasteiger partial charge in [-0.15, -0.1) is 0 Å². The summed E-state index contributed by atoms with van der Waals surface area (Å²) in [5, 5.41) is 8.41. The molecule has 0 fully saturated rings. The zero-order valence-corrected chi connectivity index (χ0v) is 21.3. The van der Waals surface area contributed by atoms with E-state index in [1.54, 1.807) is 0 Å². The lowest BCUT2D eigenvalue weighted by atomic mass is 9.96. The highest BCUT2D eigenvalue weighted by molar-refractivity contribution is 6.89. The number of fused-ring (bicyclic) bond motifs is 8. The number of hydrogen-bond acceptors (Lipinski definition) is 3. The molecule has 2 heterocycles. The Morgan fingerprint density at radius 3 is 2.00 bits per heavy atom. The summed E-state index contributed by atoms with van der Waals surface area (Å²) in [4.78, 5) is 9.98. The second-order valence-corrected chi connectivity index (χ2v) is 15.5. The maximum atomic E-state index is 6.69. The van der Waals surface area contributed by atoms with Crippen molar-refractivity contribution in [3.8, 4) is 11.4 Å². The van der Waals surface area contributed by atoms with Gasteiger partial charge in [-0.1, -0.05) is 94.2 Å². The van der Waals surface area contributed by atoms with E-state index in [-0.39, 0.29) is 0 Å². The van der Waals surface area contributed by atoms with Crippen LogP contribution in [0.4, 0.5) is 0 Å². The van der Waals surface area contributed by atoms with Gasteiger partial charge < -0.3 is 4.42 Å². The van der Waals surface area contributed by atoms with Crippen LogP contribution in [0.1, 0.15) is 25.5 Å². The molecule has 4 heteroatoms. The fraction of sp³-hybridized carbons (Fsp3) is 0.200. The summed E-state index contributed by atoms with van der Waals surface area (Å²) in [6.07, 6.45) is 2.07. The number of furan rings is 1. The molecule has 168 valence electrons. The van der Waals surface area contributed by atoms with Crippen molar-refractivity contribution >= 4 is 56.7 Å². The van der Waals surface area contributed by atoms with Gasteiger partial charge >= 0.3 is 0 Å². The summed E-state index contributed by atoms with van der Waals surface area (Å²) in [6.45, 7) is 11.5. The Morgan fingerprint density at radius 2 is 1.32 bits per heavy atom. The fourth-order valence-electron chi connectivity index (χ4n) is 5.15. The summed E-state index contributed by atoms with van der Waals surface area (Å²) >= 11 is 0. The maximum Gasteiger partial charge on any atom is 0.163 e. The lowest BCUT2D eigenvalue weighted by Gasteiger charge is -2.22. The Morgan fingerprint density at radius 1 is 0.706 bits per heavy atom. The minimum atomic E-state index is -1.55. The van der Waals surface area contributed by atoms with Crippen molar-refractivity contribution in [2.75, 3.05) is 0 Å². The molecule has 4 aromatic carbocycles. The van der Waals surface area contributed by atoms with Gasteiger partial charge in [0.1, 0.15) is 11.2 Å². The minimum absolute atomic E-state index is 0.339. The van der Waals surface area contributed by atoms with Gasteiger partial charge in [0, 0.05) is 28.0 Å². The molecule has 0 aliphatic carbocycles. The van der Waals surface area contributed by atoms with Gasteiger partial charge in [-0.3, -0.25) is 0 Å². The first-order valence-electron chi connectivity index (χ1n) is 12.0. The Hall–Kier alpha value is -3.50. The van der Waals surface area contributed by atoms with Crippen LogP contribution in [0.2, 0.25) is 19.6 Å². The first-order valence-corrected chi connectivity index (χ1v) is 15.5. The maximum absolute atomic E-state index is 6.69. The molecule has 0 aliphatic rings. The molecule has 2 aromatic heterocycles. The minimum Gasteiger partial charge on any atom is -0.455 e. The van der Waals surface area contributed by atoms with E-state index in [0.29, 0.717) is 5.92 Å². The molecule has 0 amide bonds. The van der Waals surface area contributed by atoms with Crippen LogP contribution in [-0.4, -0.2) is 18.0 Å². The van der Waals surface area contributed by atoms with Crippen molar-refractivity contribution in [3.63, 3.8) is 0 Å². The number of nitrogens with zero attached hydrogens (tertiary/aromatic N) is 2. The van der Waals surface area contributed by atoms with Crippen LogP contribution < -0.4 is 5.19 Å². The van der Waals surface area contributed by atoms with Crippen LogP contribution in [0.25, 0.3) is 54.9 Å². The largest absolute Gasteiger partial charge is 0.455 e. The summed E-state index contributed by atoms with van der Waals surface area (Å²) in [5.41, 5.74) is 3.90. The zero-order chi connectivity index (χ0) is 23.6.